The van der Waals surface area contributed by atoms with E-state index in [4.69, 9.17) is 9.84 Å². The summed E-state index contributed by atoms with van der Waals surface area (Å²) in [6.45, 7) is 2.15. The molecular formula is C21H19N5O4. The molecule has 4 aromatic rings. The van der Waals surface area contributed by atoms with Crippen molar-refractivity contribution < 1.29 is 14.6 Å². The minimum Gasteiger partial charge on any atom is -0.493 e. The average molecular weight is 405 g/mol. The van der Waals surface area contributed by atoms with Crippen molar-refractivity contribution in [3.05, 3.63) is 59.1 Å². The van der Waals surface area contributed by atoms with Gasteiger partial charge in [0.2, 0.25) is 0 Å². The van der Waals surface area contributed by atoms with Gasteiger partial charge >= 0.3 is 5.97 Å². The summed E-state index contributed by atoms with van der Waals surface area (Å²) in [4.78, 5) is 37.1. The molecule has 0 saturated carbocycles. The predicted molar refractivity (Wildman–Crippen MR) is 113 cm³/mol. The Bertz CT molecular complexity index is 1280. The first-order chi connectivity index (χ1) is 14.5. The summed E-state index contributed by atoms with van der Waals surface area (Å²) in [5.41, 5.74) is 3.45. The van der Waals surface area contributed by atoms with Crippen LogP contribution in [0.2, 0.25) is 0 Å². The molecule has 2 aromatic carbocycles. The highest BCUT2D eigenvalue weighted by Crippen LogP contribution is 2.33. The van der Waals surface area contributed by atoms with Gasteiger partial charge in [0.15, 0.2) is 11.2 Å². The van der Waals surface area contributed by atoms with Crippen LogP contribution >= 0.6 is 0 Å². The highest BCUT2D eigenvalue weighted by molar-refractivity contribution is 5.78. The smallest absolute Gasteiger partial charge is 0.322 e. The van der Waals surface area contributed by atoms with Gasteiger partial charge in [0.05, 0.1) is 18.5 Å². The van der Waals surface area contributed by atoms with Crippen LogP contribution in [0.4, 0.5) is 5.69 Å². The molecule has 0 radical (unpaired) electrons. The van der Waals surface area contributed by atoms with Crippen molar-refractivity contribution in [3.8, 4) is 28.3 Å². The molecule has 4 N–H and O–H groups in total. The van der Waals surface area contributed by atoms with Crippen LogP contribution in [-0.4, -0.2) is 44.2 Å². The van der Waals surface area contributed by atoms with E-state index in [0.717, 1.165) is 11.1 Å². The lowest BCUT2D eigenvalue weighted by molar-refractivity contribution is -0.134. The molecule has 0 fully saturated rings. The molecule has 0 unspecified atom stereocenters. The zero-order chi connectivity index (χ0) is 21.1. The summed E-state index contributed by atoms with van der Waals surface area (Å²) >= 11 is 0. The molecule has 9 heteroatoms. The predicted octanol–water partition coefficient (Wildman–Crippen LogP) is 2.88. The number of carboxylic acids is 1. The molecule has 0 atom stereocenters. The normalized spacial score (nSPS) is 10.8. The van der Waals surface area contributed by atoms with Crippen molar-refractivity contribution in [1.29, 1.82) is 0 Å². The third kappa shape index (κ3) is 3.86. The number of aliphatic carboxylic acids is 1. The quantitative estimate of drug-likeness (QED) is 0.371. The van der Waals surface area contributed by atoms with Gasteiger partial charge in [0.1, 0.15) is 18.1 Å². The van der Waals surface area contributed by atoms with E-state index in [9.17, 15) is 9.59 Å². The Hall–Kier alpha value is -4.14. The summed E-state index contributed by atoms with van der Waals surface area (Å²) in [6.07, 6.45) is 1.43. The van der Waals surface area contributed by atoms with E-state index in [0.29, 0.717) is 40.6 Å². The molecule has 2 aromatic heterocycles. The Kier molecular flexibility index (Phi) is 5.17. The molecule has 152 valence electrons. The summed E-state index contributed by atoms with van der Waals surface area (Å²) in [5.74, 6) is 0.00201. The van der Waals surface area contributed by atoms with Crippen molar-refractivity contribution in [2.45, 2.75) is 6.92 Å². The van der Waals surface area contributed by atoms with Gasteiger partial charge in [-0.15, -0.1) is 0 Å². The summed E-state index contributed by atoms with van der Waals surface area (Å²) in [5, 5.41) is 11.7. The number of fused-ring (bicyclic) bond motifs is 1. The second-order valence-corrected chi connectivity index (χ2v) is 6.49. The number of hydrogen-bond donors (Lipinski definition) is 4. The number of aromatic amines is 2. The summed E-state index contributed by atoms with van der Waals surface area (Å²) < 4.78 is 5.81. The van der Waals surface area contributed by atoms with E-state index in [2.05, 4.69) is 25.3 Å². The van der Waals surface area contributed by atoms with Gasteiger partial charge in [-0.05, 0) is 42.3 Å². The van der Waals surface area contributed by atoms with E-state index in [1.807, 2.05) is 43.3 Å². The Morgan fingerprint density at radius 3 is 2.83 bits per heavy atom. The maximum Gasteiger partial charge on any atom is 0.322 e. The van der Waals surface area contributed by atoms with Crippen molar-refractivity contribution >= 4 is 22.8 Å². The number of hydrogen-bond acceptors (Lipinski definition) is 6. The minimum atomic E-state index is -0.932. The van der Waals surface area contributed by atoms with Crippen LogP contribution < -0.4 is 15.6 Å². The molecule has 0 spiro atoms. The summed E-state index contributed by atoms with van der Waals surface area (Å²) in [7, 11) is 0. The van der Waals surface area contributed by atoms with E-state index in [1.165, 1.54) is 6.33 Å². The van der Waals surface area contributed by atoms with Crippen molar-refractivity contribution in [2.24, 2.45) is 0 Å². The molecule has 0 saturated heterocycles. The molecule has 0 aliphatic rings. The monoisotopic (exact) mass is 405 g/mol. The van der Waals surface area contributed by atoms with Crippen LogP contribution in [0.25, 0.3) is 33.7 Å². The fourth-order valence-electron chi connectivity index (χ4n) is 3.13. The Morgan fingerprint density at radius 1 is 1.20 bits per heavy atom. The lowest BCUT2D eigenvalue weighted by atomic mass is 10.0. The molecule has 4 rings (SSSR count). The van der Waals surface area contributed by atoms with Crippen molar-refractivity contribution in [3.63, 3.8) is 0 Å². The van der Waals surface area contributed by atoms with Gasteiger partial charge < -0.3 is 25.1 Å². The molecule has 0 bridgehead atoms. The molecule has 30 heavy (non-hydrogen) atoms. The first kappa shape index (κ1) is 19.2. The van der Waals surface area contributed by atoms with Crippen LogP contribution in [0.15, 0.2) is 53.6 Å². The highest BCUT2D eigenvalue weighted by atomic mass is 16.5. The van der Waals surface area contributed by atoms with Gasteiger partial charge in [-0.3, -0.25) is 9.59 Å². The van der Waals surface area contributed by atoms with Crippen LogP contribution in [-0.2, 0) is 4.79 Å². The zero-order valence-corrected chi connectivity index (χ0v) is 16.1. The van der Waals surface area contributed by atoms with Crippen LogP contribution in [0.5, 0.6) is 5.75 Å². The van der Waals surface area contributed by atoms with E-state index >= 15 is 0 Å². The van der Waals surface area contributed by atoms with Gasteiger partial charge in [-0.25, -0.2) is 9.97 Å². The first-order valence-corrected chi connectivity index (χ1v) is 9.32. The van der Waals surface area contributed by atoms with E-state index in [1.54, 1.807) is 6.07 Å². The molecule has 9 nitrogen and oxygen atoms in total. The number of carbonyl (C=O) groups is 1. The SMILES string of the molecule is CCOc1cc(-c2cccc(NCC(=O)O)c2)ccc1-c1nc2nc[nH]c2c(=O)[nH]1. The number of ether oxygens (including phenoxy) is 1. The standard InChI is InChI=1S/C21H19N5O4/c1-2-30-16-9-13(12-4-3-5-14(8-12)22-10-17(27)28)6-7-15(16)19-25-20-18(21(29)26-19)23-11-24-20/h3-9,11,22H,2,10H2,1H3,(H,27,28)(H2,23,24,25,26,29). The zero-order valence-electron chi connectivity index (χ0n) is 16.1. The topological polar surface area (TPSA) is 133 Å². The number of anilines is 1. The maximum atomic E-state index is 12.3. The van der Waals surface area contributed by atoms with Crippen LogP contribution in [0.1, 0.15) is 6.92 Å². The van der Waals surface area contributed by atoms with Gasteiger partial charge in [0.25, 0.3) is 5.56 Å². The average Bonchev–Trinajstić information content (AvgIpc) is 3.22. The summed E-state index contributed by atoms with van der Waals surface area (Å²) in [6, 6.07) is 13.0. The number of carboxylic acid groups (broad SMARTS) is 1. The van der Waals surface area contributed by atoms with Gasteiger partial charge in [-0.1, -0.05) is 18.2 Å². The second-order valence-electron chi connectivity index (χ2n) is 6.49. The van der Waals surface area contributed by atoms with Crippen LogP contribution in [0, 0.1) is 0 Å². The molecule has 0 aliphatic heterocycles. The Morgan fingerprint density at radius 2 is 2.03 bits per heavy atom. The molecule has 2 heterocycles. The lowest BCUT2D eigenvalue weighted by Crippen LogP contribution is -2.12. The Balaban J connectivity index is 1.74. The third-order valence-corrected chi connectivity index (χ3v) is 4.47. The largest absolute Gasteiger partial charge is 0.493 e. The second kappa shape index (κ2) is 8.08. The molecule has 0 aliphatic carbocycles. The maximum absolute atomic E-state index is 12.3. The number of H-pyrrole nitrogens is 2. The van der Waals surface area contributed by atoms with Crippen molar-refractivity contribution in [2.75, 3.05) is 18.5 Å². The van der Waals surface area contributed by atoms with Gasteiger partial charge in [0, 0.05) is 5.69 Å². The number of aromatic nitrogens is 4. The third-order valence-electron chi connectivity index (χ3n) is 4.47. The lowest BCUT2D eigenvalue weighted by Gasteiger charge is -2.13. The number of benzene rings is 2. The number of imidazole rings is 1. The number of rotatable bonds is 7. The Labute approximate surface area is 170 Å². The van der Waals surface area contributed by atoms with E-state index in [-0.39, 0.29) is 12.1 Å². The van der Waals surface area contributed by atoms with Gasteiger partial charge in [-0.2, -0.15) is 0 Å². The molecule has 0 amide bonds. The van der Waals surface area contributed by atoms with E-state index < -0.39 is 5.97 Å². The van der Waals surface area contributed by atoms with Crippen LogP contribution in [0.3, 0.4) is 0 Å². The molecular weight excluding hydrogens is 386 g/mol. The number of nitrogens with one attached hydrogen (secondary N) is 3. The number of nitrogens with zero attached hydrogens (tertiary/aromatic N) is 2. The fraction of sp³-hybridized carbons (Fsp3) is 0.143. The first-order valence-electron chi connectivity index (χ1n) is 9.32. The minimum absolute atomic E-state index is 0.165. The fourth-order valence-corrected chi connectivity index (χ4v) is 3.13. The highest BCUT2D eigenvalue weighted by Gasteiger charge is 2.14. The van der Waals surface area contributed by atoms with Crippen molar-refractivity contribution in [1.82, 2.24) is 19.9 Å².